The average molecular weight is 268 g/mol. The molecule has 2 aromatic rings. The van der Waals surface area contributed by atoms with Gasteiger partial charge in [0.2, 0.25) is 6.79 Å². The normalized spacial score (nSPS) is 13.8. The minimum Gasteiger partial charge on any atom is -0.497 e. The molecule has 0 aromatic heterocycles. The van der Waals surface area contributed by atoms with E-state index in [-0.39, 0.29) is 5.92 Å². The van der Waals surface area contributed by atoms with E-state index >= 15 is 0 Å². The second kappa shape index (κ2) is 5.29. The van der Waals surface area contributed by atoms with Crippen molar-refractivity contribution >= 4 is 0 Å². The zero-order chi connectivity index (χ0) is 13.9. The van der Waals surface area contributed by atoms with Crippen molar-refractivity contribution in [1.82, 2.24) is 0 Å². The van der Waals surface area contributed by atoms with Crippen LogP contribution in [0.25, 0.3) is 0 Å². The van der Waals surface area contributed by atoms with Crippen molar-refractivity contribution in [3.8, 4) is 17.2 Å². The number of benzene rings is 2. The van der Waals surface area contributed by atoms with Gasteiger partial charge in [-0.3, -0.25) is 0 Å². The van der Waals surface area contributed by atoms with Crippen LogP contribution in [0, 0.1) is 0 Å². The Hall–Kier alpha value is -2.42. The van der Waals surface area contributed by atoms with Gasteiger partial charge in [0.1, 0.15) is 5.75 Å². The van der Waals surface area contributed by atoms with Gasteiger partial charge in [0.15, 0.2) is 11.5 Å². The third-order valence-corrected chi connectivity index (χ3v) is 3.47. The van der Waals surface area contributed by atoms with Gasteiger partial charge in [-0.05, 0) is 35.4 Å². The summed E-state index contributed by atoms with van der Waals surface area (Å²) in [6, 6.07) is 14.0. The molecule has 1 atom stereocenters. The molecule has 0 saturated carbocycles. The van der Waals surface area contributed by atoms with Crippen molar-refractivity contribution in [1.29, 1.82) is 0 Å². The lowest BCUT2D eigenvalue weighted by Gasteiger charge is -2.14. The van der Waals surface area contributed by atoms with E-state index in [0.717, 1.165) is 22.8 Å². The Morgan fingerprint density at radius 2 is 1.75 bits per heavy atom. The number of methoxy groups -OCH3 is 1. The van der Waals surface area contributed by atoms with Gasteiger partial charge < -0.3 is 14.2 Å². The van der Waals surface area contributed by atoms with E-state index in [2.05, 4.69) is 18.7 Å². The van der Waals surface area contributed by atoms with Crippen LogP contribution in [-0.2, 0) is 0 Å². The van der Waals surface area contributed by atoms with Gasteiger partial charge in [-0.25, -0.2) is 0 Å². The largest absolute Gasteiger partial charge is 0.497 e. The van der Waals surface area contributed by atoms with E-state index in [1.54, 1.807) is 7.11 Å². The molecule has 1 aliphatic heterocycles. The molecule has 1 aliphatic rings. The molecule has 3 nitrogen and oxygen atoms in total. The molecule has 102 valence electrons. The van der Waals surface area contributed by atoms with Crippen molar-refractivity contribution < 1.29 is 14.2 Å². The molecule has 0 spiro atoms. The molecule has 1 heterocycles. The first kappa shape index (κ1) is 12.6. The maximum absolute atomic E-state index is 5.43. The number of rotatable bonds is 4. The molecule has 0 N–H and O–H groups in total. The summed E-state index contributed by atoms with van der Waals surface area (Å²) in [6.45, 7) is 4.24. The second-order valence-electron chi connectivity index (χ2n) is 4.60. The van der Waals surface area contributed by atoms with Gasteiger partial charge in [-0.1, -0.05) is 24.3 Å². The Morgan fingerprint density at radius 1 is 1.05 bits per heavy atom. The molecule has 0 saturated heterocycles. The van der Waals surface area contributed by atoms with Crippen LogP contribution in [0.1, 0.15) is 17.0 Å². The van der Waals surface area contributed by atoms with E-state index < -0.39 is 0 Å². The van der Waals surface area contributed by atoms with Crippen LogP contribution in [0.4, 0.5) is 0 Å². The Balaban J connectivity index is 1.94. The zero-order valence-corrected chi connectivity index (χ0v) is 11.3. The molecule has 3 rings (SSSR count). The molecule has 0 fully saturated rings. The maximum atomic E-state index is 5.43. The van der Waals surface area contributed by atoms with E-state index in [9.17, 15) is 0 Å². The highest BCUT2D eigenvalue weighted by Gasteiger charge is 2.17. The summed E-state index contributed by atoms with van der Waals surface area (Å²) < 4.78 is 16.0. The van der Waals surface area contributed by atoms with Gasteiger partial charge in [-0.2, -0.15) is 0 Å². The van der Waals surface area contributed by atoms with Gasteiger partial charge in [0, 0.05) is 5.92 Å². The van der Waals surface area contributed by atoms with Gasteiger partial charge in [0.05, 0.1) is 7.11 Å². The van der Waals surface area contributed by atoms with Crippen LogP contribution in [0.2, 0.25) is 0 Å². The van der Waals surface area contributed by atoms with Crippen molar-refractivity contribution in [2.75, 3.05) is 13.9 Å². The van der Waals surface area contributed by atoms with Crippen LogP contribution in [-0.4, -0.2) is 13.9 Å². The van der Waals surface area contributed by atoms with Crippen LogP contribution in [0.3, 0.4) is 0 Å². The Bertz CT molecular complexity index is 617. The first-order chi connectivity index (χ1) is 9.81. The fourth-order valence-corrected chi connectivity index (χ4v) is 2.38. The fourth-order valence-electron chi connectivity index (χ4n) is 2.38. The number of fused-ring (bicyclic) bond motifs is 1. The smallest absolute Gasteiger partial charge is 0.231 e. The lowest BCUT2D eigenvalue weighted by Crippen LogP contribution is -1.97. The zero-order valence-electron chi connectivity index (χ0n) is 11.3. The SMILES string of the molecule is C=CC(c1ccc(OC)cc1)c1ccc2c(c1)OCO2. The maximum Gasteiger partial charge on any atom is 0.231 e. The van der Waals surface area contributed by atoms with Crippen molar-refractivity contribution in [2.45, 2.75) is 5.92 Å². The minimum atomic E-state index is 0.121. The van der Waals surface area contributed by atoms with Gasteiger partial charge >= 0.3 is 0 Å². The lowest BCUT2D eigenvalue weighted by atomic mass is 9.91. The van der Waals surface area contributed by atoms with E-state index in [1.165, 1.54) is 5.56 Å². The Morgan fingerprint density at radius 3 is 2.45 bits per heavy atom. The van der Waals surface area contributed by atoms with Gasteiger partial charge in [0.25, 0.3) is 0 Å². The monoisotopic (exact) mass is 268 g/mol. The average Bonchev–Trinajstić information content (AvgIpc) is 2.96. The molecule has 1 unspecified atom stereocenters. The number of hydrogen-bond acceptors (Lipinski definition) is 3. The molecule has 2 aromatic carbocycles. The van der Waals surface area contributed by atoms with Crippen LogP contribution < -0.4 is 14.2 Å². The second-order valence-corrected chi connectivity index (χ2v) is 4.60. The third kappa shape index (κ3) is 2.23. The highest BCUT2D eigenvalue weighted by atomic mass is 16.7. The van der Waals surface area contributed by atoms with Crippen LogP contribution in [0.15, 0.2) is 55.1 Å². The lowest BCUT2D eigenvalue weighted by molar-refractivity contribution is 0.174. The molecule has 0 radical (unpaired) electrons. The fraction of sp³-hybridized carbons (Fsp3) is 0.176. The first-order valence-electron chi connectivity index (χ1n) is 6.48. The number of allylic oxidation sites excluding steroid dienone is 1. The van der Waals surface area contributed by atoms with Crippen LogP contribution >= 0.6 is 0 Å². The number of hydrogen-bond donors (Lipinski definition) is 0. The minimum absolute atomic E-state index is 0.121. The summed E-state index contributed by atoms with van der Waals surface area (Å²) in [6.07, 6.45) is 1.93. The topological polar surface area (TPSA) is 27.7 Å². The molecule has 0 aliphatic carbocycles. The summed E-state index contributed by atoms with van der Waals surface area (Å²) in [5.41, 5.74) is 2.30. The first-order valence-corrected chi connectivity index (χ1v) is 6.48. The van der Waals surface area contributed by atoms with E-state index in [4.69, 9.17) is 14.2 Å². The highest BCUT2D eigenvalue weighted by molar-refractivity contribution is 5.48. The summed E-state index contributed by atoms with van der Waals surface area (Å²) in [7, 11) is 1.66. The predicted molar refractivity (Wildman–Crippen MR) is 77.6 cm³/mol. The molecule has 3 heteroatoms. The Labute approximate surface area is 118 Å². The van der Waals surface area contributed by atoms with E-state index in [0.29, 0.717) is 6.79 Å². The van der Waals surface area contributed by atoms with Crippen molar-refractivity contribution in [2.24, 2.45) is 0 Å². The summed E-state index contributed by atoms with van der Waals surface area (Å²) >= 11 is 0. The molecule has 20 heavy (non-hydrogen) atoms. The predicted octanol–water partition coefficient (Wildman–Crippen LogP) is 3.74. The Kier molecular flexibility index (Phi) is 3.33. The number of ether oxygens (including phenoxy) is 3. The standard InChI is InChI=1S/C17H16O3/c1-3-15(12-4-7-14(18-2)8-5-12)13-6-9-16-17(10-13)20-11-19-16/h3-10,15H,1,11H2,2H3. The summed E-state index contributed by atoms with van der Waals surface area (Å²) in [4.78, 5) is 0. The van der Waals surface area contributed by atoms with Gasteiger partial charge in [-0.15, -0.1) is 6.58 Å². The third-order valence-electron chi connectivity index (χ3n) is 3.47. The van der Waals surface area contributed by atoms with E-state index in [1.807, 2.05) is 36.4 Å². The highest BCUT2D eigenvalue weighted by Crippen LogP contribution is 2.36. The quantitative estimate of drug-likeness (QED) is 0.790. The molecule has 0 bridgehead atoms. The molecular weight excluding hydrogens is 252 g/mol. The molecule has 0 amide bonds. The summed E-state index contributed by atoms with van der Waals surface area (Å²) in [5, 5.41) is 0. The van der Waals surface area contributed by atoms with Crippen molar-refractivity contribution in [3.63, 3.8) is 0 Å². The summed E-state index contributed by atoms with van der Waals surface area (Å²) in [5.74, 6) is 2.56. The molecular formula is C17H16O3. The van der Waals surface area contributed by atoms with Crippen molar-refractivity contribution in [3.05, 3.63) is 66.2 Å². The van der Waals surface area contributed by atoms with Crippen LogP contribution in [0.5, 0.6) is 17.2 Å².